The quantitative estimate of drug-likeness (QED) is 0.0781. The number of nitrogens with one attached hydrogen (secondary N) is 1. The summed E-state index contributed by atoms with van der Waals surface area (Å²) < 4.78 is 5.73. The second-order valence-corrected chi connectivity index (χ2v) is 9.26. The van der Waals surface area contributed by atoms with E-state index in [9.17, 15) is 14.4 Å². The second kappa shape index (κ2) is 26.4. The molecule has 0 saturated carbocycles. The Bertz CT molecular complexity index is 708. The van der Waals surface area contributed by atoms with Crippen molar-refractivity contribution in [3.8, 4) is 0 Å². The molecule has 0 aliphatic rings. The minimum absolute atomic E-state index is 0.126. The fourth-order valence-electron chi connectivity index (χ4n) is 3.62. The first kappa shape index (κ1) is 34.4. The van der Waals surface area contributed by atoms with Crippen LogP contribution in [0.2, 0.25) is 0 Å². The number of aliphatic carboxylic acids is 1. The fourth-order valence-corrected chi connectivity index (χ4v) is 3.62. The van der Waals surface area contributed by atoms with Gasteiger partial charge in [-0.25, -0.2) is 0 Å². The standard InChI is InChI=1S/C31H51NO5/c1-3-5-7-8-9-10-11-12-13-14-15-16-22-26-31(36)37-28(23-19-6-4-2)24-20-17-18-21-25-29(33)32-27-30(34)35/h5,7,9-10,12-13,19,23,28H,3-4,6,8,11,14-18,20-22,24-27H2,1-2H3,(H,32,33)(H,34,35)/b7-5-,10-9-,13-12-,23-19-. The summed E-state index contributed by atoms with van der Waals surface area (Å²) in [6.07, 6.45) is 31.3. The zero-order chi connectivity index (χ0) is 27.4. The number of ether oxygens (including phenoxy) is 1. The molecule has 0 rings (SSSR count). The van der Waals surface area contributed by atoms with Gasteiger partial charge in [0.05, 0.1) is 0 Å². The number of rotatable bonds is 24. The summed E-state index contributed by atoms with van der Waals surface area (Å²) in [6.45, 7) is 3.93. The van der Waals surface area contributed by atoms with Crippen LogP contribution in [0.3, 0.4) is 0 Å². The third-order valence-corrected chi connectivity index (χ3v) is 5.70. The molecule has 0 aromatic heterocycles. The van der Waals surface area contributed by atoms with Crippen LogP contribution in [0.1, 0.15) is 117 Å². The topological polar surface area (TPSA) is 92.7 Å². The molecule has 0 aliphatic heterocycles. The number of esters is 1. The van der Waals surface area contributed by atoms with E-state index in [-0.39, 0.29) is 24.5 Å². The first-order chi connectivity index (χ1) is 18.0. The average Bonchev–Trinajstić information content (AvgIpc) is 2.87. The van der Waals surface area contributed by atoms with Crippen LogP contribution in [0.25, 0.3) is 0 Å². The third-order valence-electron chi connectivity index (χ3n) is 5.70. The van der Waals surface area contributed by atoms with Gasteiger partial charge in [0.25, 0.3) is 0 Å². The van der Waals surface area contributed by atoms with Crippen molar-refractivity contribution >= 4 is 17.8 Å². The molecular weight excluding hydrogens is 466 g/mol. The highest BCUT2D eigenvalue weighted by Gasteiger charge is 2.11. The van der Waals surface area contributed by atoms with Gasteiger partial charge in [0, 0.05) is 12.8 Å². The van der Waals surface area contributed by atoms with Crippen LogP contribution in [0.4, 0.5) is 0 Å². The number of carboxylic acid groups (broad SMARTS) is 1. The van der Waals surface area contributed by atoms with E-state index in [1.165, 1.54) is 0 Å². The Morgan fingerprint density at radius 3 is 2.11 bits per heavy atom. The molecule has 210 valence electrons. The summed E-state index contributed by atoms with van der Waals surface area (Å²) in [6, 6.07) is 0. The van der Waals surface area contributed by atoms with Gasteiger partial charge < -0.3 is 15.2 Å². The van der Waals surface area contributed by atoms with Crippen LogP contribution in [0, 0.1) is 0 Å². The Labute approximate surface area is 225 Å². The SMILES string of the molecule is CC/C=C\C/C=C\C/C=C\CCCCCC(=O)OC(/C=C\CCC)CCCCCCC(=O)NCC(=O)O. The lowest BCUT2D eigenvalue weighted by Crippen LogP contribution is -2.28. The number of unbranched alkanes of at least 4 members (excludes halogenated alkanes) is 7. The van der Waals surface area contributed by atoms with Gasteiger partial charge in [-0.1, -0.05) is 82.1 Å². The molecule has 0 aromatic rings. The predicted molar refractivity (Wildman–Crippen MR) is 152 cm³/mol. The summed E-state index contributed by atoms with van der Waals surface area (Å²) in [5, 5.41) is 10.9. The number of carboxylic acids is 1. The van der Waals surface area contributed by atoms with E-state index >= 15 is 0 Å². The van der Waals surface area contributed by atoms with Crippen molar-refractivity contribution < 1.29 is 24.2 Å². The molecule has 6 heteroatoms. The molecule has 0 heterocycles. The minimum atomic E-state index is -1.03. The normalized spacial score (nSPS) is 12.7. The maximum absolute atomic E-state index is 12.3. The monoisotopic (exact) mass is 517 g/mol. The molecule has 37 heavy (non-hydrogen) atoms. The van der Waals surface area contributed by atoms with Crippen LogP contribution in [0.5, 0.6) is 0 Å². The third kappa shape index (κ3) is 26.2. The minimum Gasteiger partial charge on any atom is -0.480 e. The maximum Gasteiger partial charge on any atom is 0.322 e. The molecule has 1 atom stereocenters. The molecule has 1 unspecified atom stereocenters. The van der Waals surface area contributed by atoms with Crippen molar-refractivity contribution in [1.82, 2.24) is 5.32 Å². The highest BCUT2D eigenvalue weighted by atomic mass is 16.5. The van der Waals surface area contributed by atoms with Crippen molar-refractivity contribution in [2.45, 2.75) is 123 Å². The molecule has 0 bridgehead atoms. The Kier molecular flexibility index (Phi) is 24.6. The predicted octanol–water partition coefficient (Wildman–Crippen LogP) is 7.61. The first-order valence-electron chi connectivity index (χ1n) is 14.3. The molecule has 0 saturated heterocycles. The van der Waals surface area contributed by atoms with E-state index in [2.05, 4.69) is 61.7 Å². The lowest BCUT2D eigenvalue weighted by molar-refractivity contribution is -0.147. The van der Waals surface area contributed by atoms with Gasteiger partial charge in [0.2, 0.25) is 5.91 Å². The molecule has 0 fully saturated rings. The summed E-state index contributed by atoms with van der Waals surface area (Å²) >= 11 is 0. The molecule has 0 aromatic carbocycles. The van der Waals surface area contributed by atoms with Gasteiger partial charge in [-0.15, -0.1) is 0 Å². The molecule has 0 spiro atoms. The van der Waals surface area contributed by atoms with Crippen molar-refractivity contribution in [2.24, 2.45) is 0 Å². The Morgan fingerprint density at radius 2 is 1.41 bits per heavy atom. The highest BCUT2D eigenvalue weighted by Crippen LogP contribution is 2.13. The van der Waals surface area contributed by atoms with Gasteiger partial charge in [-0.3, -0.25) is 14.4 Å². The van der Waals surface area contributed by atoms with Crippen molar-refractivity contribution in [2.75, 3.05) is 6.54 Å². The molecule has 1 amide bonds. The summed E-state index contributed by atoms with van der Waals surface area (Å²) in [7, 11) is 0. The van der Waals surface area contributed by atoms with E-state index in [1.807, 2.05) is 6.08 Å². The molecular formula is C31H51NO5. The van der Waals surface area contributed by atoms with Gasteiger partial charge in [-0.05, 0) is 70.3 Å². The van der Waals surface area contributed by atoms with E-state index in [0.717, 1.165) is 89.9 Å². The van der Waals surface area contributed by atoms with Crippen LogP contribution in [-0.4, -0.2) is 35.6 Å². The van der Waals surface area contributed by atoms with E-state index in [4.69, 9.17) is 9.84 Å². The average molecular weight is 518 g/mol. The molecule has 0 aliphatic carbocycles. The van der Waals surface area contributed by atoms with E-state index < -0.39 is 5.97 Å². The number of amides is 1. The highest BCUT2D eigenvalue weighted by molar-refractivity contribution is 5.80. The first-order valence-corrected chi connectivity index (χ1v) is 14.3. The van der Waals surface area contributed by atoms with Gasteiger partial charge in [0.15, 0.2) is 0 Å². The van der Waals surface area contributed by atoms with Gasteiger partial charge in [0.1, 0.15) is 12.6 Å². The molecule has 2 N–H and O–H groups in total. The number of carbonyl (C=O) groups excluding carboxylic acids is 2. The van der Waals surface area contributed by atoms with E-state index in [1.54, 1.807) is 0 Å². The zero-order valence-corrected chi connectivity index (χ0v) is 23.3. The summed E-state index contributed by atoms with van der Waals surface area (Å²) in [5.41, 5.74) is 0. The van der Waals surface area contributed by atoms with Crippen LogP contribution < -0.4 is 5.32 Å². The molecule has 0 radical (unpaired) electrons. The summed E-state index contributed by atoms with van der Waals surface area (Å²) in [4.78, 5) is 34.3. The zero-order valence-electron chi connectivity index (χ0n) is 23.3. The maximum atomic E-state index is 12.3. The van der Waals surface area contributed by atoms with Crippen LogP contribution in [-0.2, 0) is 19.1 Å². The number of carbonyl (C=O) groups is 3. The smallest absolute Gasteiger partial charge is 0.322 e. The second-order valence-electron chi connectivity index (χ2n) is 9.26. The lowest BCUT2D eigenvalue weighted by atomic mass is 10.1. The molecule has 6 nitrogen and oxygen atoms in total. The fraction of sp³-hybridized carbons (Fsp3) is 0.645. The van der Waals surface area contributed by atoms with Gasteiger partial charge in [-0.2, -0.15) is 0 Å². The number of hydrogen-bond donors (Lipinski definition) is 2. The number of allylic oxidation sites excluding steroid dienone is 7. The summed E-state index contributed by atoms with van der Waals surface area (Å²) in [5.74, 6) is -1.39. The van der Waals surface area contributed by atoms with Crippen molar-refractivity contribution in [1.29, 1.82) is 0 Å². The largest absolute Gasteiger partial charge is 0.480 e. The number of hydrogen-bond acceptors (Lipinski definition) is 4. The Hall–Kier alpha value is -2.63. The van der Waals surface area contributed by atoms with Crippen molar-refractivity contribution in [3.63, 3.8) is 0 Å². The van der Waals surface area contributed by atoms with Crippen molar-refractivity contribution in [3.05, 3.63) is 48.6 Å². The van der Waals surface area contributed by atoms with Gasteiger partial charge >= 0.3 is 11.9 Å². The Balaban J connectivity index is 4.01. The Morgan fingerprint density at radius 1 is 0.757 bits per heavy atom. The van der Waals surface area contributed by atoms with Crippen LogP contribution >= 0.6 is 0 Å². The van der Waals surface area contributed by atoms with Crippen LogP contribution in [0.15, 0.2) is 48.6 Å². The lowest BCUT2D eigenvalue weighted by Gasteiger charge is -2.14. The van der Waals surface area contributed by atoms with E-state index in [0.29, 0.717) is 12.8 Å².